The number of terminal acetylenes is 1. The first kappa shape index (κ1) is 12.9. The third-order valence-electron chi connectivity index (χ3n) is 3.92. The second kappa shape index (κ2) is 5.40. The van der Waals surface area contributed by atoms with Gasteiger partial charge in [0, 0.05) is 19.1 Å². The van der Waals surface area contributed by atoms with E-state index in [1.54, 1.807) is 4.90 Å². The molecular weight excluding hydrogens is 232 g/mol. The first-order valence-corrected chi connectivity index (χ1v) is 6.37. The lowest BCUT2D eigenvalue weighted by Gasteiger charge is -2.37. The third-order valence-corrected chi connectivity index (χ3v) is 3.92. The average molecular weight is 250 g/mol. The van der Waals surface area contributed by atoms with E-state index in [0.717, 1.165) is 32.2 Å². The van der Waals surface area contributed by atoms with Gasteiger partial charge in [0.2, 0.25) is 0 Å². The molecule has 2 fully saturated rings. The van der Waals surface area contributed by atoms with Crippen LogP contribution in [0.1, 0.15) is 25.7 Å². The van der Waals surface area contributed by atoms with Crippen LogP contribution in [0, 0.1) is 12.3 Å². The zero-order valence-corrected chi connectivity index (χ0v) is 10.3. The fraction of sp³-hybridized carbons (Fsp3) is 0.692. The Morgan fingerprint density at radius 1 is 1.17 bits per heavy atom. The van der Waals surface area contributed by atoms with Gasteiger partial charge in [0.1, 0.15) is 6.04 Å². The van der Waals surface area contributed by atoms with Gasteiger partial charge < -0.3 is 10.0 Å². The number of carboxylic acid groups (broad SMARTS) is 1. The number of hydrogen-bond acceptors (Lipinski definition) is 3. The van der Waals surface area contributed by atoms with E-state index in [-0.39, 0.29) is 18.0 Å². The van der Waals surface area contributed by atoms with Crippen molar-refractivity contribution in [3.05, 3.63) is 0 Å². The smallest absolute Gasteiger partial charge is 0.320 e. The van der Waals surface area contributed by atoms with Crippen LogP contribution in [-0.2, 0) is 9.59 Å². The zero-order valence-electron chi connectivity index (χ0n) is 10.3. The molecular formula is C13H18N2O3. The molecule has 2 heterocycles. The summed E-state index contributed by atoms with van der Waals surface area (Å²) >= 11 is 0. The molecule has 1 amide bonds. The Hall–Kier alpha value is -1.54. The van der Waals surface area contributed by atoms with Crippen LogP contribution in [0.15, 0.2) is 0 Å². The van der Waals surface area contributed by atoms with E-state index >= 15 is 0 Å². The number of rotatable bonds is 2. The Morgan fingerprint density at radius 2 is 1.83 bits per heavy atom. The highest BCUT2D eigenvalue weighted by molar-refractivity contribution is 5.92. The number of carboxylic acids is 1. The Bertz CT molecular complexity index is 380. The fourth-order valence-electron chi connectivity index (χ4n) is 2.98. The second-order valence-corrected chi connectivity index (χ2v) is 4.90. The summed E-state index contributed by atoms with van der Waals surface area (Å²) < 4.78 is 0. The van der Waals surface area contributed by atoms with Crippen molar-refractivity contribution in [3.63, 3.8) is 0 Å². The van der Waals surface area contributed by atoms with Crippen LogP contribution in [0.3, 0.4) is 0 Å². The maximum atomic E-state index is 11.3. The Kier molecular flexibility index (Phi) is 3.87. The van der Waals surface area contributed by atoms with Gasteiger partial charge in [-0.05, 0) is 38.1 Å². The normalized spacial score (nSPS) is 25.9. The Morgan fingerprint density at radius 3 is 2.39 bits per heavy atom. The third kappa shape index (κ3) is 2.49. The summed E-state index contributed by atoms with van der Waals surface area (Å²) in [5.41, 5.74) is 0. The molecule has 0 bridgehead atoms. The number of carbonyl (C=O) groups is 2. The van der Waals surface area contributed by atoms with Crippen molar-refractivity contribution >= 4 is 11.9 Å². The second-order valence-electron chi connectivity index (χ2n) is 4.90. The van der Waals surface area contributed by atoms with Gasteiger partial charge in [-0.3, -0.25) is 14.5 Å². The number of carbonyl (C=O) groups excluding carboxylic acids is 1. The molecule has 5 nitrogen and oxygen atoms in total. The lowest BCUT2D eigenvalue weighted by molar-refractivity contribution is -0.143. The van der Waals surface area contributed by atoms with E-state index in [1.165, 1.54) is 0 Å². The molecule has 0 saturated carbocycles. The van der Waals surface area contributed by atoms with Gasteiger partial charge in [0.25, 0.3) is 5.91 Å². The molecule has 1 N–H and O–H groups in total. The van der Waals surface area contributed by atoms with Crippen LogP contribution in [-0.4, -0.2) is 58.5 Å². The van der Waals surface area contributed by atoms with Gasteiger partial charge in [0.05, 0.1) is 0 Å². The average Bonchev–Trinajstić information content (AvgIpc) is 2.87. The van der Waals surface area contributed by atoms with E-state index < -0.39 is 5.97 Å². The van der Waals surface area contributed by atoms with E-state index in [4.69, 9.17) is 11.5 Å². The number of hydrogen-bond donors (Lipinski definition) is 1. The van der Waals surface area contributed by atoms with Crippen molar-refractivity contribution in [2.24, 2.45) is 0 Å². The van der Waals surface area contributed by atoms with E-state index in [9.17, 15) is 9.59 Å². The van der Waals surface area contributed by atoms with Crippen molar-refractivity contribution < 1.29 is 14.7 Å². The summed E-state index contributed by atoms with van der Waals surface area (Å²) in [5.74, 6) is 1.14. The summed E-state index contributed by atoms with van der Waals surface area (Å²) in [7, 11) is 0. The SMILES string of the molecule is C#CC(=O)N1CCC(N2CCCC2C(=O)O)CC1. The highest BCUT2D eigenvalue weighted by atomic mass is 16.4. The summed E-state index contributed by atoms with van der Waals surface area (Å²) in [5, 5.41) is 9.16. The van der Waals surface area contributed by atoms with Crippen LogP contribution >= 0.6 is 0 Å². The highest BCUT2D eigenvalue weighted by Gasteiger charge is 2.36. The fourth-order valence-corrected chi connectivity index (χ4v) is 2.98. The van der Waals surface area contributed by atoms with Crippen LogP contribution in [0.2, 0.25) is 0 Å². The monoisotopic (exact) mass is 250 g/mol. The molecule has 2 aliphatic heterocycles. The molecule has 0 aromatic rings. The minimum atomic E-state index is -0.727. The van der Waals surface area contributed by atoms with Crippen LogP contribution in [0.4, 0.5) is 0 Å². The van der Waals surface area contributed by atoms with E-state index in [0.29, 0.717) is 13.1 Å². The number of nitrogens with zero attached hydrogens (tertiary/aromatic N) is 2. The molecule has 1 atom stereocenters. The molecule has 98 valence electrons. The van der Waals surface area contributed by atoms with Crippen molar-refractivity contribution in [1.82, 2.24) is 9.80 Å². The van der Waals surface area contributed by atoms with Gasteiger partial charge in [-0.1, -0.05) is 0 Å². The largest absolute Gasteiger partial charge is 0.480 e. The van der Waals surface area contributed by atoms with Crippen LogP contribution < -0.4 is 0 Å². The molecule has 1 unspecified atom stereocenters. The van der Waals surface area contributed by atoms with E-state index in [2.05, 4.69) is 10.8 Å². The summed E-state index contributed by atoms with van der Waals surface area (Å²) in [6, 6.07) is -0.0692. The molecule has 0 spiro atoms. The van der Waals surface area contributed by atoms with E-state index in [1.807, 2.05) is 0 Å². The molecule has 5 heteroatoms. The predicted molar refractivity (Wildman–Crippen MR) is 65.8 cm³/mol. The number of amides is 1. The van der Waals surface area contributed by atoms with Gasteiger partial charge in [-0.25, -0.2) is 0 Å². The number of aliphatic carboxylic acids is 1. The van der Waals surface area contributed by atoms with Crippen molar-refractivity contribution in [2.45, 2.75) is 37.8 Å². The van der Waals surface area contributed by atoms with Crippen molar-refractivity contribution in [1.29, 1.82) is 0 Å². The van der Waals surface area contributed by atoms with Crippen molar-refractivity contribution in [3.8, 4) is 12.3 Å². The van der Waals surface area contributed by atoms with Crippen molar-refractivity contribution in [2.75, 3.05) is 19.6 Å². The molecule has 2 aliphatic rings. The molecule has 0 aromatic heterocycles. The standard InChI is InChI=1S/C13H18N2O3/c1-2-12(16)14-8-5-10(6-9-14)15-7-3-4-11(15)13(17)18/h1,10-11H,3-9H2,(H,17,18). The predicted octanol–water partition coefficient (Wildman–Crippen LogP) is 0.160. The molecule has 2 rings (SSSR count). The summed E-state index contributed by atoms with van der Waals surface area (Å²) in [6.07, 6.45) is 8.41. The minimum absolute atomic E-state index is 0.260. The lowest BCUT2D eigenvalue weighted by atomic mass is 10.0. The lowest BCUT2D eigenvalue weighted by Crippen LogP contribution is -2.49. The van der Waals surface area contributed by atoms with Crippen LogP contribution in [0.25, 0.3) is 0 Å². The first-order valence-electron chi connectivity index (χ1n) is 6.37. The maximum Gasteiger partial charge on any atom is 0.320 e. The summed E-state index contributed by atoms with van der Waals surface area (Å²) in [4.78, 5) is 26.2. The number of piperidine rings is 1. The Balaban J connectivity index is 1.92. The molecule has 0 aromatic carbocycles. The topological polar surface area (TPSA) is 60.9 Å². The first-order chi connectivity index (χ1) is 8.63. The zero-order chi connectivity index (χ0) is 13.1. The maximum absolute atomic E-state index is 11.3. The molecule has 2 saturated heterocycles. The van der Waals surface area contributed by atoms with Gasteiger partial charge >= 0.3 is 5.97 Å². The van der Waals surface area contributed by atoms with Gasteiger partial charge in [-0.2, -0.15) is 0 Å². The summed E-state index contributed by atoms with van der Waals surface area (Å²) in [6.45, 7) is 2.12. The molecule has 18 heavy (non-hydrogen) atoms. The molecule has 0 aliphatic carbocycles. The quantitative estimate of drug-likeness (QED) is 0.709. The number of likely N-dealkylation sites (tertiary alicyclic amines) is 2. The molecule has 0 radical (unpaired) electrons. The Labute approximate surface area is 107 Å². The highest BCUT2D eigenvalue weighted by Crippen LogP contribution is 2.26. The van der Waals surface area contributed by atoms with Crippen LogP contribution in [0.5, 0.6) is 0 Å². The minimum Gasteiger partial charge on any atom is -0.480 e. The van der Waals surface area contributed by atoms with Gasteiger partial charge in [-0.15, -0.1) is 6.42 Å². The van der Waals surface area contributed by atoms with Gasteiger partial charge in [0.15, 0.2) is 0 Å².